The number of aryl methyl sites for hydroxylation is 1. The van der Waals surface area contributed by atoms with Gasteiger partial charge in [0.15, 0.2) is 5.85 Å². The molecule has 1 aromatic rings. The second-order valence-corrected chi connectivity index (χ2v) is 8.29. The summed E-state index contributed by atoms with van der Waals surface area (Å²) in [6.45, 7) is 1.40. The molecule has 0 spiro atoms. The molecule has 15 heteroatoms. The Labute approximate surface area is 139 Å². The van der Waals surface area contributed by atoms with Gasteiger partial charge in [-0.2, -0.15) is 0 Å². The van der Waals surface area contributed by atoms with Gasteiger partial charge in [0.25, 0.3) is 5.56 Å². The standard InChI is InChI=1S/C10H16N2O11P2/c1-4-3-12(10(15)11-8(4)14)6-2-5(13)7(22-6)9(24(16,17)18)23-25(19,20)21/h3,5-7,9,13H,2H2,1H3,(H,11,14,15)(H2,16,17,18)(H2,19,20,21)/t5-,6+,7-,9?/m0/s1. The maximum absolute atomic E-state index is 11.8. The van der Waals surface area contributed by atoms with E-state index in [0.717, 1.165) is 10.8 Å². The zero-order valence-electron chi connectivity index (χ0n) is 12.6. The summed E-state index contributed by atoms with van der Waals surface area (Å²) in [5.74, 6) is -2.45. The molecule has 4 atom stereocenters. The molecule has 1 aromatic heterocycles. The largest absolute Gasteiger partial charge is 0.470 e. The summed E-state index contributed by atoms with van der Waals surface area (Å²) in [5.41, 5.74) is -1.40. The van der Waals surface area contributed by atoms with Gasteiger partial charge in [0.1, 0.15) is 12.3 Å². The SMILES string of the molecule is Cc1cn([C@H]2C[C@H](O)[C@@H](C(OP(=O)(O)O)P(=O)(O)O)O2)c(=O)[nH]c1=O. The number of aromatic nitrogens is 2. The molecule has 2 heterocycles. The van der Waals surface area contributed by atoms with E-state index in [4.69, 9.17) is 14.5 Å². The molecule has 0 bridgehead atoms. The molecule has 1 aliphatic heterocycles. The van der Waals surface area contributed by atoms with Gasteiger partial charge >= 0.3 is 21.1 Å². The molecule has 6 N–H and O–H groups in total. The van der Waals surface area contributed by atoms with Crippen molar-refractivity contribution in [2.45, 2.75) is 37.6 Å². The first kappa shape index (κ1) is 20.2. The van der Waals surface area contributed by atoms with Crippen molar-refractivity contribution in [2.75, 3.05) is 0 Å². The molecule has 0 radical (unpaired) electrons. The Hall–Kier alpha value is -1.14. The lowest BCUT2D eigenvalue weighted by Crippen LogP contribution is -2.36. The molecule has 2 rings (SSSR count). The number of rotatable bonds is 5. The van der Waals surface area contributed by atoms with Gasteiger partial charge in [-0.05, 0) is 6.92 Å². The number of hydrogen-bond donors (Lipinski definition) is 6. The second-order valence-electron chi connectivity index (χ2n) is 5.41. The minimum Gasteiger partial charge on any atom is -0.390 e. The van der Waals surface area contributed by atoms with Gasteiger partial charge in [0, 0.05) is 18.2 Å². The predicted octanol–water partition coefficient (Wildman–Crippen LogP) is -1.89. The summed E-state index contributed by atoms with van der Waals surface area (Å²) in [5, 5.41) is 9.98. The lowest BCUT2D eigenvalue weighted by Gasteiger charge is -2.26. The zero-order chi connectivity index (χ0) is 19.2. The molecular weight excluding hydrogens is 386 g/mol. The molecule has 0 aliphatic carbocycles. The highest BCUT2D eigenvalue weighted by molar-refractivity contribution is 7.53. The molecule has 13 nitrogen and oxygen atoms in total. The summed E-state index contributed by atoms with van der Waals surface area (Å²) in [4.78, 5) is 61.3. The number of H-pyrrole nitrogens is 1. The highest BCUT2D eigenvalue weighted by Gasteiger charge is 2.50. The van der Waals surface area contributed by atoms with Crippen LogP contribution < -0.4 is 11.2 Å². The Kier molecular flexibility index (Phi) is 5.55. The van der Waals surface area contributed by atoms with Gasteiger partial charge in [0.2, 0.25) is 0 Å². The highest BCUT2D eigenvalue weighted by atomic mass is 31.2. The van der Waals surface area contributed by atoms with Crippen molar-refractivity contribution in [3.63, 3.8) is 0 Å². The summed E-state index contributed by atoms with van der Waals surface area (Å²) in [6, 6.07) is 0. The normalized spacial score (nSPS) is 25.9. The molecule has 1 saturated heterocycles. The fourth-order valence-corrected chi connectivity index (χ4v) is 4.27. The maximum Gasteiger partial charge on any atom is 0.470 e. The minimum absolute atomic E-state index is 0.138. The van der Waals surface area contributed by atoms with E-state index in [-0.39, 0.29) is 12.0 Å². The monoisotopic (exact) mass is 402 g/mol. The van der Waals surface area contributed by atoms with Crippen LogP contribution in [0.15, 0.2) is 15.8 Å². The van der Waals surface area contributed by atoms with Crippen molar-refractivity contribution in [1.82, 2.24) is 9.55 Å². The molecular formula is C10H16N2O11P2. The average Bonchev–Trinajstić information content (AvgIpc) is 2.79. The Bertz CT molecular complexity index is 851. The fraction of sp³-hybridized carbons (Fsp3) is 0.600. The van der Waals surface area contributed by atoms with Gasteiger partial charge < -0.3 is 29.4 Å². The van der Waals surface area contributed by atoms with Crippen LogP contribution in [-0.4, -0.2) is 52.3 Å². The second kappa shape index (κ2) is 6.88. The number of aliphatic hydroxyl groups excluding tert-OH is 1. The summed E-state index contributed by atoms with van der Waals surface area (Å²) >= 11 is 0. The quantitative estimate of drug-likeness (QED) is 0.300. The third-order valence-electron chi connectivity index (χ3n) is 3.45. The number of ether oxygens (including phenoxy) is 1. The summed E-state index contributed by atoms with van der Waals surface area (Å²) in [7, 11) is -10.6. The van der Waals surface area contributed by atoms with E-state index in [1.165, 1.54) is 6.92 Å². The third kappa shape index (κ3) is 4.73. The topological polar surface area (TPSA) is 209 Å². The molecule has 1 fully saturated rings. The van der Waals surface area contributed by atoms with E-state index < -0.39 is 50.9 Å². The van der Waals surface area contributed by atoms with Crippen molar-refractivity contribution < 1.29 is 43.1 Å². The van der Waals surface area contributed by atoms with E-state index in [2.05, 4.69) is 4.52 Å². The lowest BCUT2D eigenvalue weighted by atomic mass is 10.2. The van der Waals surface area contributed by atoms with Crippen LogP contribution in [0.25, 0.3) is 0 Å². The first-order valence-electron chi connectivity index (χ1n) is 6.74. The first-order valence-corrected chi connectivity index (χ1v) is 9.95. The number of hydrogen-bond acceptors (Lipinski definition) is 7. The number of aliphatic hydroxyl groups is 1. The van der Waals surface area contributed by atoms with Crippen molar-refractivity contribution in [1.29, 1.82) is 0 Å². The smallest absolute Gasteiger partial charge is 0.390 e. The van der Waals surface area contributed by atoms with Crippen molar-refractivity contribution in [3.05, 3.63) is 32.6 Å². The minimum atomic E-state index is -5.31. The van der Waals surface area contributed by atoms with Gasteiger partial charge in [-0.15, -0.1) is 0 Å². The summed E-state index contributed by atoms with van der Waals surface area (Å²) in [6.07, 6.45) is -3.88. The Morgan fingerprint density at radius 3 is 2.44 bits per heavy atom. The zero-order valence-corrected chi connectivity index (χ0v) is 14.4. The van der Waals surface area contributed by atoms with Gasteiger partial charge in [-0.3, -0.25) is 23.4 Å². The average molecular weight is 402 g/mol. The molecule has 142 valence electrons. The van der Waals surface area contributed by atoms with Crippen LogP contribution in [0, 0.1) is 6.92 Å². The van der Waals surface area contributed by atoms with Crippen LogP contribution in [-0.2, 0) is 18.4 Å². The maximum atomic E-state index is 11.8. The van der Waals surface area contributed by atoms with Crippen LogP contribution >= 0.6 is 15.4 Å². The van der Waals surface area contributed by atoms with E-state index in [9.17, 15) is 33.6 Å². The van der Waals surface area contributed by atoms with E-state index in [0.29, 0.717) is 0 Å². The highest BCUT2D eigenvalue weighted by Crippen LogP contribution is 2.54. The van der Waals surface area contributed by atoms with Crippen LogP contribution in [0.2, 0.25) is 0 Å². The third-order valence-corrected chi connectivity index (χ3v) is 5.18. The number of nitrogens with one attached hydrogen (secondary N) is 1. The molecule has 1 aliphatic rings. The fourth-order valence-electron chi connectivity index (χ4n) is 2.36. The number of aromatic amines is 1. The van der Waals surface area contributed by atoms with Gasteiger partial charge in [-0.1, -0.05) is 0 Å². The van der Waals surface area contributed by atoms with Crippen molar-refractivity contribution in [2.24, 2.45) is 0 Å². The lowest BCUT2D eigenvalue weighted by molar-refractivity contribution is -0.0630. The van der Waals surface area contributed by atoms with E-state index >= 15 is 0 Å². The summed E-state index contributed by atoms with van der Waals surface area (Å²) < 4.78 is 32.6. The van der Waals surface area contributed by atoms with Gasteiger partial charge in [0.05, 0.1) is 6.10 Å². The molecule has 0 aromatic carbocycles. The van der Waals surface area contributed by atoms with Crippen molar-refractivity contribution in [3.8, 4) is 0 Å². The van der Waals surface area contributed by atoms with Crippen molar-refractivity contribution >= 4 is 15.4 Å². The first-order chi connectivity index (χ1) is 11.3. The Morgan fingerprint density at radius 1 is 1.32 bits per heavy atom. The van der Waals surface area contributed by atoms with Crippen LogP contribution in [0.3, 0.4) is 0 Å². The van der Waals surface area contributed by atoms with Crippen LogP contribution in [0.1, 0.15) is 18.2 Å². The van der Waals surface area contributed by atoms with Gasteiger partial charge in [-0.25, -0.2) is 9.36 Å². The van der Waals surface area contributed by atoms with Crippen LogP contribution in [0.5, 0.6) is 0 Å². The molecule has 25 heavy (non-hydrogen) atoms. The number of phosphoric acid groups is 1. The molecule has 1 unspecified atom stereocenters. The van der Waals surface area contributed by atoms with E-state index in [1.54, 1.807) is 0 Å². The molecule has 0 amide bonds. The predicted molar refractivity (Wildman–Crippen MR) is 79.6 cm³/mol. The Morgan fingerprint density at radius 2 is 1.92 bits per heavy atom. The number of nitrogens with zero attached hydrogens (tertiary/aromatic N) is 1. The van der Waals surface area contributed by atoms with Crippen LogP contribution in [0.4, 0.5) is 0 Å². The number of phosphoric ester groups is 1. The Balaban J connectivity index is 2.35. The van der Waals surface area contributed by atoms with E-state index in [1.807, 2.05) is 4.98 Å². The molecule has 0 saturated carbocycles.